The summed E-state index contributed by atoms with van der Waals surface area (Å²) < 4.78 is 5.34. The van der Waals surface area contributed by atoms with Crippen molar-refractivity contribution in [1.29, 1.82) is 0 Å². The van der Waals surface area contributed by atoms with Gasteiger partial charge < -0.3 is 10.1 Å². The lowest BCUT2D eigenvalue weighted by Crippen LogP contribution is -2.37. The Kier molecular flexibility index (Phi) is 5.80. The van der Waals surface area contributed by atoms with E-state index in [9.17, 15) is 9.59 Å². The fraction of sp³-hybridized carbons (Fsp3) is 0.300. The number of carbonyl (C=O) groups excluding carboxylic acids is 2. The summed E-state index contributed by atoms with van der Waals surface area (Å²) in [5.74, 6) is 0.0767. The summed E-state index contributed by atoms with van der Waals surface area (Å²) in [7, 11) is 1.54. The Morgan fingerprint density at radius 2 is 1.84 bits per heavy atom. The minimum Gasteiger partial charge on any atom is -0.495 e. The van der Waals surface area contributed by atoms with Gasteiger partial charge in [-0.1, -0.05) is 18.2 Å². The Labute approximate surface area is 148 Å². The Bertz CT molecular complexity index is 800. The number of nitrogens with zero attached hydrogens (tertiary/aromatic N) is 1. The third kappa shape index (κ3) is 4.38. The molecule has 1 N–H and O–H groups in total. The summed E-state index contributed by atoms with van der Waals surface area (Å²) in [6.07, 6.45) is 0. The van der Waals surface area contributed by atoms with E-state index < -0.39 is 0 Å². The van der Waals surface area contributed by atoms with Crippen molar-refractivity contribution >= 4 is 23.2 Å². The van der Waals surface area contributed by atoms with Gasteiger partial charge >= 0.3 is 0 Å². The minimum absolute atomic E-state index is 0.0808. The quantitative estimate of drug-likeness (QED) is 0.904. The fourth-order valence-corrected chi connectivity index (χ4v) is 2.60. The van der Waals surface area contributed by atoms with E-state index in [1.54, 1.807) is 13.2 Å². The average molecular weight is 340 g/mol. The Morgan fingerprint density at radius 1 is 1.12 bits per heavy atom. The van der Waals surface area contributed by atoms with Crippen molar-refractivity contribution in [2.75, 3.05) is 23.9 Å². The summed E-state index contributed by atoms with van der Waals surface area (Å²) in [6, 6.07) is 11.3. The summed E-state index contributed by atoms with van der Waals surface area (Å²) >= 11 is 0. The molecule has 0 aliphatic carbocycles. The highest BCUT2D eigenvalue weighted by Gasteiger charge is 2.20. The van der Waals surface area contributed by atoms with Crippen molar-refractivity contribution in [3.63, 3.8) is 0 Å². The van der Waals surface area contributed by atoms with E-state index in [-0.39, 0.29) is 18.4 Å². The van der Waals surface area contributed by atoms with Gasteiger partial charge in [-0.2, -0.15) is 0 Å². The first-order chi connectivity index (χ1) is 11.8. The molecule has 0 bridgehead atoms. The van der Waals surface area contributed by atoms with E-state index in [0.29, 0.717) is 11.4 Å². The van der Waals surface area contributed by atoms with Crippen molar-refractivity contribution in [3.05, 3.63) is 53.1 Å². The third-order valence-electron chi connectivity index (χ3n) is 4.19. The maximum Gasteiger partial charge on any atom is 0.244 e. The van der Waals surface area contributed by atoms with Crippen LogP contribution in [0.2, 0.25) is 0 Å². The van der Waals surface area contributed by atoms with E-state index in [2.05, 4.69) is 5.32 Å². The van der Waals surface area contributed by atoms with Crippen molar-refractivity contribution in [2.24, 2.45) is 0 Å². The molecule has 2 rings (SSSR count). The molecule has 0 aliphatic heterocycles. The molecule has 0 aliphatic rings. The molecule has 132 valence electrons. The number of amides is 2. The molecule has 2 aromatic carbocycles. The summed E-state index contributed by atoms with van der Waals surface area (Å²) in [5.41, 5.74) is 4.44. The van der Waals surface area contributed by atoms with Crippen LogP contribution in [0.1, 0.15) is 23.6 Å². The zero-order chi connectivity index (χ0) is 18.6. The molecule has 5 nitrogen and oxygen atoms in total. The molecule has 0 saturated carbocycles. The molecule has 0 aromatic heterocycles. The number of aryl methyl sites for hydroxylation is 2. The van der Waals surface area contributed by atoms with Crippen LogP contribution in [0.15, 0.2) is 36.4 Å². The molecule has 0 spiro atoms. The summed E-state index contributed by atoms with van der Waals surface area (Å²) in [5, 5.41) is 2.88. The van der Waals surface area contributed by atoms with E-state index in [0.717, 1.165) is 22.4 Å². The van der Waals surface area contributed by atoms with Crippen molar-refractivity contribution < 1.29 is 14.3 Å². The Balaban J connectivity index is 2.25. The summed E-state index contributed by atoms with van der Waals surface area (Å²) in [6.45, 7) is 7.23. The number of carbonyl (C=O) groups is 2. The molecule has 0 radical (unpaired) electrons. The maximum absolute atomic E-state index is 12.5. The van der Waals surface area contributed by atoms with Crippen molar-refractivity contribution in [2.45, 2.75) is 27.7 Å². The fourth-order valence-electron chi connectivity index (χ4n) is 2.60. The van der Waals surface area contributed by atoms with Gasteiger partial charge in [-0.25, -0.2) is 0 Å². The first kappa shape index (κ1) is 18.5. The normalized spacial score (nSPS) is 10.3. The molecular weight excluding hydrogens is 316 g/mol. The second kappa shape index (κ2) is 7.83. The molecule has 0 unspecified atom stereocenters. The van der Waals surface area contributed by atoms with Crippen LogP contribution < -0.4 is 15.0 Å². The standard InChI is InChI=1S/C20H24N2O3/c1-13-9-10-19(25-5)18(11-13)22(16(4)23)12-20(24)21-17-8-6-7-14(2)15(17)3/h6-11H,12H2,1-5H3,(H,21,24). The van der Waals surface area contributed by atoms with Gasteiger partial charge in [-0.15, -0.1) is 0 Å². The van der Waals surface area contributed by atoms with E-state index in [1.807, 2.05) is 51.1 Å². The van der Waals surface area contributed by atoms with Gasteiger partial charge in [0, 0.05) is 12.6 Å². The maximum atomic E-state index is 12.5. The SMILES string of the molecule is COc1ccc(C)cc1N(CC(=O)Nc1cccc(C)c1C)C(C)=O. The highest BCUT2D eigenvalue weighted by Crippen LogP contribution is 2.29. The zero-order valence-corrected chi connectivity index (χ0v) is 15.3. The van der Waals surface area contributed by atoms with Crippen LogP contribution in [0.5, 0.6) is 5.75 Å². The number of nitrogens with one attached hydrogen (secondary N) is 1. The highest BCUT2D eigenvalue weighted by atomic mass is 16.5. The van der Waals surface area contributed by atoms with Crippen LogP contribution in [-0.4, -0.2) is 25.5 Å². The molecule has 5 heteroatoms. The molecule has 2 amide bonds. The molecule has 0 atom stereocenters. The molecule has 0 heterocycles. The molecular formula is C20H24N2O3. The van der Waals surface area contributed by atoms with Gasteiger partial charge in [-0.3, -0.25) is 14.5 Å². The number of ether oxygens (including phenoxy) is 1. The third-order valence-corrected chi connectivity index (χ3v) is 4.19. The van der Waals surface area contributed by atoms with Gasteiger partial charge in [0.1, 0.15) is 12.3 Å². The number of hydrogen-bond donors (Lipinski definition) is 1. The smallest absolute Gasteiger partial charge is 0.244 e. The van der Waals surface area contributed by atoms with E-state index >= 15 is 0 Å². The molecule has 0 fully saturated rings. The number of methoxy groups -OCH3 is 1. The topological polar surface area (TPSA) is 58.6 Å². The van der Waals surface area contributed by atoms with Crippen LogP contribution in [0.4, 0.5) is 11.4 Å². The largest absolute Gasteiger partial charge is 0.495 e. The second-order valence-corrected chi connectivity index (χ2v) is 6.08. The van der Waals surface area contributed by atoms with Gasteiger partial charge in [0.15, 0.2) is 0 Å². The zero-order valence-electron chi connectivity index (χ0n) is 15.3. The monoisotopic (exact) mass is 340 g/mol. The lowest BCUT2D eigenvalue weighted by atomic mass is 10.1. The second-order valence-electron chi connectivity index (χ2n) is 6.08. The minimum atomic E-state index is -0.257. The van der Waals surface area contributed by atoms with Gasteiger partial charge in [0.2, 0.25) is 11.8 Å². The lowest BCUT2D eigenvalue weighted by molar-refractivity contribution is -0.120. The highest BCUT2D eigenvalue weighted by molar-refractivity contribution is 6.02. The molecule has 0 saturated heterocycles. The van der Waals surface area contributed by atoms with Crippen LogP contribution in [0.25, 0.3) is 0 Å². The number of rotatable bonds is 5. The molecule has 2 aromatic rings. The van der Waals surface area contributed by atoms with E-state index in [4.69, 9.17) is 4.74 Å². The van der Waals surface area contributed by atoms with Crippen LogP contribution >= 0.6 is 0 Å². The van der Waals surface area contributed by atoms with Gasteiger partial charge in [0.25, 0.3) is 0 Å². The number of benzene rings is 2. The van der Waals surface area contributed by atoms with Crippen LogP contribution in [0.3, 0.4) is 0 Å². The first-order valence-corrected chi connectivity index (χ1v) is 8.12. The molecule has 25 heavy (non-hydrogen) atoms. The van der Waals surface area contributed by atoms with Crippen molar-refractivity contribution in [1.82, 2.24) is 0 Å². The van der Waals surface area contributed by atoms with Crippen LogP contribution in [-0.2, 0) is 9.59 Å². The van der Waals surface area contributed by atoms with Crippen LogP contribution in [0, 0.1) is 20.8 Å². The van der Waals surface area contributed by atoms with Crippen molar-refractivity contribution in [3.8, 4) is 5.75 Å². The average Bonchev–Trinajstić information content (AvgIpc) is 2.56. The Morgan fingerprint density at radius 3 is 2.48 bits per heavy atom. The summed E-state index contributed by atoms with van der Waals surface area (Å²) in [4.78, 5) is 26.0. The number of hydrogen-bond acceptors (Lipinski definition) is 3. The predicted molar refractivity (Wildman–Crippen MR) is 100 cm³/mol. The lowest BCUT2D eigenvalue weighted by Gasteiger charge is -2.23. The predicted octanol–water partition coefficient (Wildman–Crippen LogP) is 3.61. The van der Waals surface area contributed by atoms with Gasteiger partial charge in [0.05, 0.1) is 12.8 Å². The van der Waals surface area contributed by atoms with Gasteiger partial charge in [-0.05, 0) is 55.7 Å². The first-order valence-electron chi connectivity index (χ1n) is 8.12. The Hall–Kier alpha value is -2.82. The number of anilines is 2. The van der Waals surface area contributed by atoms with E-state index in [1.165, 1.54) is 11.8 Å².